The Morgan fingerprint density at radius 1 is 1.06 bits per heavy atom. The van der Waals surface area contributed by atoms with Crippen molar-refractivity contribution in [1.82, 2.24) is 9.80 Å². The van der Waals surface area contributed by atoms with Crippen molar-refractivity contribution in [3.05, 3.63) is 0 Å². The number of carbonyl (C=O) groups excluding carboxylic acids is 2. The summed E-state index contributed by atoms with van der Waals surface area (Å²) in [6, 6.07) is 0. The summed E-state index contributed by atoms with van der Waals surface area (Å²) < 4.78 is 0. The van der Waals surface area contributed by atoms with Crippen molar-refractivity contribution >= 4 is 11.7 Å². The zero-order valence-corrected chi connectivity index (χ0v) is 10.7. The molecule has 0 atom stereocenters. The summed E-state index contributed by atoms with van der Waals surface area (Å²) >= 11 is 0. The summed E-state index contributed by atoms with van der Waals surface area (Å²) in [5.74, 6) is 0.799. The lowest BCUT2D eigenvalue weighted by molar-refractivity contribution is -0.131. The van der Waals surface area contributed by atoms with Gasteiger partial charge in [0.2, 0.25) is 5.91 Å². The van der Waals surface area contributed by atoms with E-state index in [1.807, 2.05) is 4.90 Å². The Morgan fingerprint density at radius 2 is 1.65 bits per heavy atom. The van der Waals surface area contributed by atoms with E-state index < -0.39 is 0 Å². The predicted octanol–water partition coefficient (Wildman–Crippen LogP) is 0.910. The first-order chi connectivity index (χ1) is 8.16. The van der Waals surface area contributed by atoms with Crippen LogP contribution in [0.5, 0.6) is 0 Å². The molecule has 0 bridgehead atoms. The lowest BCUT2D eigenvalue weighted by atomic mass is 9.93. The van der Waals surface area contributed by atoms with Gasteiger partial charge in [-0.05, 0) is 45.7 Å². The smallest absolute Gasteiger partial charge is 0.236 e. The summed E-state index contributed by atoms with van der Waals surface area (Å²) in [6.07, 6.45) is 4.14. The fraction of sp³-hybridized carbons (Fsp3) is 0.846. The zero-order chi connectivity index (χ0) is 12.3. The van der Waals surface area contributed by atoms with Gasteiger partial charge in [0.15, 0.2) is 0 Å². The van der Waals surface area contributed by atoms with Crippen LogP contribution >= 0.6 is 0 Å². The molecule has 0 aliphatic carbocycles. The Bertz CT molecular complexity index is 290. The van der Waals surface area contributed by atoms with E-state index >= 15 is 0 Å². The third-order valence-electron chi connectivity index (χ3n) is 3.98. The van der Waals surface area contributed by atoms with Gasteiger partial charge in [0.05, 0.1) is 6.54 Å². The first-order valence-electron chi connectivity index (χ1n) is 6.67. The minimum Gasteiger partial charge on any atom is -0.342 e. The van der Waals surface area contributed by atoms with Gasteiger partial charge in [-0.25, -0.2) is 0 Å². The molecule has 17 heavy (non-hydrogen) atoms. The van der Waals surface area contributed by atoms with E-state index in [2.05, 4.69) is 4.90 Å². The third-order valence-corrected chi connectivity index (χ3v) is 3.98. The number of ketones is 1. The molecule has 2 aliphatic heterocycles. The standard InChI is InChI=1S/C13H22N2O2/c1-11(16)12-4-8-14(9-5-12)10-13(17)15-6-2-3-7-15/h12H,2-10H2,1H3. The minimum atomic E-state index is 0.230. The molecule has 2 fully saturated rings. The number of carbonyl (C=O) groups is 2. The molecule has 0 aromatic carbocycles. The van der Waals surface area contributed by atoms with Crippen LogP contribution in [0.15, 0.2) is 0 Å². The van der Waals surface area contributed by atoms with E-state index in [4.69, 9.17) is 0 Å². The second-order valence-corrected chi connectivity index (χ2v) is 5.25. The lowest BCUT2D eigenvalue weighted by Gasteiger charge is -2.31. The Hall–Kier alpha value is -0.900. The summed E-state index contributed by atoms with van der Waals surface area (Å²) in [6.45, 7) is 5.87. The molecule has 0 saturated carbocycles. The van der Waals surface area contributed by atoms with Crippen molar-refractivity contribution in [3.8, 4) is 0 Å². The molecule has 0 aromatic heterocycles. The largest absolute Gasteiger partial charge is 0.342 e. The van der Waals surface area contributed by atoms with Gasteiger partial charge in [-0.1, -0.05) is 0 Å². The SMILES string of the molecule is CC(=O)C1CCN(CC(=O)N2CCCC2)CC1. The van der Waals surface area contributed by atoms with Gasteiger partial charge in [-0.3, -0.25) is 14.5 Å². The van der Waals surface area contributed by atoms with Crippen molar-refractivity contribution in [3.63, 3.8) is 0 Å². The topological polar surface area (TPSA) is 40.6 Å². The van der Waals surface area contributed by atoms with Gasteiger partial charge in [-0.15, -0.1) is 0 Å². The second kappa shape index (κ2) is 5.63. The van der Waals surface area contributed by atoms with Crippen LogP contribution in [-0.2, 0) is 9.59 Å². The Kier molecular flexibility index (Phi) is 4.15. The number of hydrogen-bond acceptors (Lipinski definition) is 3. The van der Waals surface area contributed by atoms with Crippen LogP contribution in [0, 0.1) is 5.92 Å². The van der Waals surface area contributed by atoms with Gasteiger partial charge < -0.3 is 4.90 Å². The normalized spacial score (nSPS) is 23.0. The molecule has 1 amide bonds. The average molecular weight is 238 g/mol. The summed E-state index contributed by atoms with van der Waals surface area (Å²) in [7, 11) is 0. The van der Waals surface area contributed by atoms with Crippen LogP contribution in [0.4, 0.5) is 0 Å². The molecular weight excluding hydrogens is 216 g/mol. The highest BCUT2D eigenvalue weighted by Gasteiger charge is 2.25. The van der Waals surface area contributed by atoms with Crippen molar-refractivity contribution < 1.29 is 9.59 Å². The molecule has 0 N–H and O–H groups in total. The highest BCUT2D eigenvalue weighted by molar-refractivity contribution is 5.79. The molecule has 0 aromatic rings. The number of rotatable bonds is 3. The van der Waals surface area contributed by atoms with E-state index in [-0.39, 0.29) is 11.8 Å². The molecule has 4 heteroatoms. The number of hydrogen-bond donors (Lipinski definition) is 0. The van der Waals surface area contributed by atoms with Gasteiger partial charge >= 0.3 is 0 Å². The summed E-state index contributed by atoms with van der Waals surface area (Å²) in [5, 5.41) is 0. The Balaban J connectivity index is 1.74. The molecule has 96 valence electrons. The lowest BCUT2D eigenvalue weighted by Crippen LogP contribution is -2.43. The van der Waals surface area contributed by atoms with E-state index in [1.165, 1.54) is 0 Å². The van der Waals surface area contributed by atoms with Crippen LogP contribution < -0.4 is 0 Å². The van der Waals surface area contributed by atoms with Crippen LogP contribution in [0.25, 0.3) is 0 Å². The molecule has 2 heterocycles. The molecule has 0 spiro atoms. The predicted molar refractivity (Wildman–Crippen MR) is 65.7 cm³/mol. The minimum absolute atomic E-state index is 0.230. The quantitative estimate of drug-likeness (QED) is 0.734. The maximum absolute atomic E-state index is 11.9. The average Bonchev–Trinajstić information content (AvgIpc) is 2.83. The van der Waals surface area contributed by atoms with Gasteiger partial charge in [-0.2, -0.15) is 0 Å². The highest BCUT2D eigenvalue weighted by Crippen LogP contribution is 2.18. The number of Topliss-reactive ketones (excluding diaryl/α,β-unsaturated/α-hetero) is 1. The number of nitrogens with zero attached hydrogens (tertiary/aromatic N) is 2. The van der Waals surface area contributed by atoms with Crippen LogP contribution in [0.2, 0.25) is 0 Å². The monoisotopic (exact) mass is 238 g/mol. The van der Waals surface area contributed by atoms with Crippen LogP contribution in [0.3, 0.4) is 0 Å². The summed E-state index contributed by atoms with van der Waals surface area (Å²) in [4.78, 5) is 27.4. The maximum atomic E-state index is 11.9. The van der Waals surface area contributed by atoms with Gasteiger partial charge in [0.1, 0.15) is 5.78 Å². The van der Waals surface area contributed by atoms with Crippen molar-refractivity contribution in [2.24, 2.45) is 5.92 Å². The molecule has 2 saturated heterocycles. The first kappa shape index (κ1) is 12.6. The fourth-order valence-electron chi connectivity index (χ4n) is 2.76. The Morgan fingerprint density at radius 3 is 2.18 bits per heavy atom. The van der Waals surface area contributed by atoms with Crippen LogP contribution in [-0.4, -0.2) is 54.2 Å². The molecule has 2 rings (SSSR count). The summed E-state index contributed by atoms with van der Waals surface area (Å²) in [5.41, 5.74) is 0. The molecule has 0 unspecified atom stereocenters. The van der Waals surface area contributed by atoms with E-state index in [0.717, 1.165) is 51.9 Å². The number of piperidine rings is 1. The Labute approximate surface area is 103 Å². The fourth-order valence-corrected chi connectivity index (χ4v) is 2.76. The molecular formula is C13H22N2O2. The van der Waals surface area contributed by atoms with Crippen molar-refractivity contribution in [1.29, 1.82) is 0 Å². The molecule has 4 nitrogen and oxygen atoms in total. The van der Waals surface area contributed by atoms with Crippen molar-refractivity contribution in [2.75, 3.05) is 32.7 Å². The third kappa shape index (κ3) is 3.28. The van der Waals surface area contributed by atoms with Crippen LogP contribution in [0.1, 0.15) is 32.6 Å². The van der Waals surface area contributed by atoms with E-state index in [0.29, 0.717) is 12.3 Å². The van der Waals surface area contributed by atoms with Gasteiger partial charge in [0.25, 0.3) is 0 Å². The van der Waals surface area contributed by atoms with Crippen molar-refractivity contribution in [2.45, 2.75) is 32.6 Å². The second-order valence-electron chi connectivity index (χ2n) is 5.25. The number of amides is 1. The molecule has 0 radical (unpaired) electrons. The zero-order valence-electron chi connectivity index (χ0n) is 10.7. The maximum Gasteiger partial charge on any atom is 0.236 e. The van der Waals surface area contributed by atoms with E-state index in [9.17, 15) is 9.59 Å². The highest BCUT2D eigenvalue weighted by atomic mass is 16.2. The number of likely N-dealkylation sites (tertiary alicyclic amines) is 2. The molecule has 2 aliphatic rings. The first-order valence-corrected chi connectivity index (χ1v) is 6.67. The van der Waals surface area contributed by atoms with E-state index in [1.54, 1.807) is 6.92 Å². The van der Waals surface area contributed by atoms with Gasteiger partial charge in [0, 0.05) is 19.0 Å².